The maximum Gasteiger partial charge on any atom is 0.151 e. The summed E-state index contributed by atoms with van der Waals surface area (Å²) < 4.78 is 6.54. The van der Waals surface area contributed by atoms with Crippen LogP contribution in [0.5, 0.6) is 5.75 Å². The molecule has 0 saturated heterocycles. The van der Waals surface area contributed by atoms with Gasteiger partial charge in [-0.05, 0) is 44.0 Å². The lowest BCUT2D eigenvalue weighted by Gasteiger charge is -2.04. The first-order chi connectivity index (χ1) is 5.69. The molecule has 1 aromatic carbocycles. The summed E-state index contributed by atoms with van der Waals surface area (Å²) in [6, 6.07) is 3.46. The van der Waals surface area contributed by atoms with E-state index in [-0.39, 0.29) is 0 Å². The number of ether oxygens (including phenoxy) is 1. The molecule has 0 spiro atoms. The Balaban J connectivity index is 3.28. The molecule has 0 aromatic heterocycles. The van der Waals surface area contributed by atoms with Gasteiger partial charge in [0.1, 0.15) is 5.75 Å². The van der Waals surface area contributed by atoms with Gasteiger partial charge in [0.05, 0.1) is 7.11 Å². The number of aldehydes is 1. The molecule has 2 nitrogen and oxygen atoms in total. The zero-order valence-corrected chi connectivity index (χ0v) is 9.48. The second-order valence-electron chi connectivity index (χ2n) is 2.13. The second kappa shape index (κ2) is 4.05. The van der Waals surface area contributed by atoms with Crippen molar-refractivity contribution in [2.24, 2.45) is 0 Å². The lowest BCUT2D eigenvalue weighted by molar-refractivity contribution is 0.112. The Morgan fingerprint density at radius 2 is 2.08 bits per heavy atom. The normalized spacial score (nSPS) is 9.58. The number of benzene rings is 1. The van der Waals surface area contributed by atoms with E-state index in [1.807, 2.05) is 0 Å². The van der Waals surface area contributed by atoms with Crippen molar-refractivity contribution in [1.29, 1.82) is 0 Å². The van der Waals surface area contributed by atoms with Crippen LogP contribution in [0.1, 0.15) is 10.4 Å². The van der Waals surface area contributed by atoms with Gasteiger partial charge in [0.25, 0.3) is 0 Å². The van der Waals surface area contributed by atoms with Crippen LogP contribution in [0.2, 0.25) is 0 Å². The van der Waals surface area contributed by atoms with Crippen LogP contribution in [0.25, 0.3) is 0 Å². The van der Waals surface area contributed by atoms with Crippen molar-refractivity contribution in [1.82, 2.24) is 0 Å². The molecular weight excluding hydrogens is 288 g/mol. The lowest BCUT2D eigenvalue weighted by atomic mass is 10.2. The molecule has 0 aliphatic carbocycles. The first kappa shape index (κ1) is 9.74. The zero-order chi connectivity index (χ0) is 9.14. The molecule has 0 amide bonds. The summed E-state index contributed by atoms with van der Waals surface area (Å²) in [5.74, 6) is 0.659. The molecule has 0 radical (unpaired) electrons. The van der Waals surface area contributed by atoms with Gasteiger partial charge in [-0.25, -0.2) is 0 Å². The van der Waals surface area contributed by atoms with Crippen molar-refractivity contribution >= 4 is 38.1 Å². The Labute approximate surface area is 87.2 Å². The maximum absolute atomic E-state index is 10.5. The molecule has 1 rings (SSSR count). The average molecular weight is 294 g/mol. The van der Waals surface area contributed by atoms with E-state index >= 15 is 0 Å². The van der Waals surface area contributed by atoms with Crippen molar-refractivity contribution in [3.63, 3.8) is 0 Å². The molecule has 0 saturated carbocycles. The highest BCUT2D eigenvalue weighted by Gasteiger charge is 2.05. The molecule has 0 heterocycles. The summed E-state index contributed by atoms with van der Waals surface area (Å²) in [5, 5.41) is 0. The molecule has 0 aliphatic heterocycles. The third-order valence-corrected chi connectivity index (χ3v) is 3.44. The van der Waals surface area contributed by atoms with Gasteiger partial charge in [0.15, 0.2) is 6.29 Å². The van der Waals surface area contributed by atoms with Crippen molar-refractivity contribution in [2.45, 2.75) is 0 Å². The van der Waals surface area contributed by atoms with Crippen molar-refractivity contribution in [3.8, 4) is 5.75 Å². The summed E-state index contributed by atoms with van der Waals surface area (Å²) in [6.45, 7) is 0. The number of hydrogen-bond donors (Lipinski definition) is 0. The van der Waals surface area contributed by atoms with Crippen LogP contribution >= 0.6 is 31.9 Å². The number of hydrogen-bond acceptors (Lipinski definition) is 2. The van der Waals surface area contributed by atoms with Gasteiger partial charge in [0.2, 0.25) is 0 Å². The van der Waals surface area contributed by atoms with Gasteiger partial charge < -0.3 is 4.74 Å². The average Bonchev–Trinajstić information content (AvgIpc) is 2.09. The van der Waals surface area contributed by atoms with Gasteiger partial charge >= 0.3 is 0 Å². The maximum atomic E-state index is 10.5. The monoisotopic (exact) mass is 292 g/mol. The molecular formula is C8H6Br2O2. The minimum absolute atomic E-state index is 0.571. The molecule has 64 valence electrons. The number of rotatable bonds is 2. The standard InChI is InChI=1S/C8H6Br2O2/c1-12-6-2-5(4-11)8(10)7(9)3-6/h2-4H,1H3. The highest BCUT2D eigenvalue weighted by molar-refractivity contribution is 9.13. The Morgan fingerprint density at radius 3 is 2.58 bits per heavy atom. The number of methoxy groups -OCH3 is 1. The van der Waals surface area contributed by atoms with Crippen LogP contribution in [0, 0.1) is 0 Å². The van der Waals surface area contributed by atoms with E-state index in [9.17, 15) is 4.79 Å². The molecule has 0 N–H and O–H groups in total. The molecule has 0 aliphatic rings. The fraction of sp³-hybridized carbons (Fsp3) is 0.125. The van der Waals surface area contributed by atoms with Gasteiger partial charge in [-0.2, -0.15) is 0 Å². The minimum atomic E-state index is 0.571. The third kappa shape index (κ3) is 1.87. The summed E-state index contributed by atoms with van der Waals surface area (Å²) in [4.78, 5) is 10.5. The fourth-order valence-corrected chi connectivity index (χ4v) is 1.56. The first-order valence-corrected chi connectivity index (χ1v) is 4.76. The van der Waals surface area contributed by atoms with Crippen LogP contribution in [0.3, 0.4) is 0 Å². The van der Waals surface area contributed by atoms with Crippen molar-refractivity contribution in [2.75, 3.05) is 7.11 Å². The third-order valence-electron chi connectivity index (χ3n) is 1.39. The Bertz CT molecular complexity index is 310. The molecule has 0 atom stereocenters. The number of halogens is 2. The SMILES string of the molecule is COc1cc(Br)c(Br)c(C=O)c1. The van der Waals surface area contributed by atoms with E-state index in [4.69, 9.17) is 4.74 Å². The Morgan fingerprint density at radius 1 is 1.42 bits per heavy atom. The van der Waals surface area contributed by atoms with Crippen LogP contribution in [-0.2, 0) is 0 Å². The van der Waals surface area contributed by atoms with Crippen LogP contribution in [0.4, 0.5) is 0 Å². The second-order valence-corrected chi connectivity index (χ2v) is 3.78. The lowest BCUT2D eigenvalue weighted by Crippen LogP contribution is -1.88. The van der Waals surface area contributed by atoms with E-state index in [0.29, 0.717) is 11.3 Å². The van der Waals surface area contributed by atoms with Gasteiger partial charge in [0, 0.05) is 14.5 Å². The predicted molar refractivity (Wildman–Crippen MR) is 53.8 cm³/mol. The highest BCUT2D eigenvalue weighted by Crippen LogP contribution is 2.30. The highest BCUT2D eigenvalue weighted by atomic mass is 79.9. The molecule has 0 fully saturated rings. The van der Waals surface area contributed by atoms with Gasteiger partial charge in [-0.3, -0.25) is 4.79 Å². The van der Waals surface area contributed by atoms with Crippen LogP contribution in [0.15, 0.2) is 21.1 Å². The van der Waals surface area contributed by atoms with Crippen molar-refractivity contribution in [3.05, 3.63) is 26.6 Å². The van der Waals surface area contributed by atoms with E-state index < -0.39 is 0 Å². The first-order valence-electron chi connectivity index (χ1n) is 3.17. The number of carbonyl (C=O) groups excluding carboxylic acids is 1. The summed E-state index contributed by atoms with van der Waals surface area (Å²) >= 11 is 6.56. The smallest absolute Gasteiger partial charge is 0.151 e. The molecule has 4 heteroatoms. The molecule has 1 aromatic rings. The molecule has 12 heavy (non-hydrogen) atoms. The fourth-order valence-electron chi connectivity index (χ4n) is 0.788. The Hall–Kier alpha value is -0.350. The summed E-state index contributed by atoms with van der Waals surface area (Å²) in [6.07, 6.45) is 0.775. The molecule has 0 bridgehead atoms. The molecule has 0 unspecified atom stereocenters. The van der Waals surface area contributed by atoms with Gasteiger partial charge in [-0.1, -0.05) is 0 Å². The van der Waals surface area contributed by atoms with E-state index in [1.54, 1.807) is 19.2 Å². The Kier molecular flexibility index (Phi) is 3.29. The number of carbonyl (C=O) groups is 1. The largest absolute Gasteiger partial charge is 0.497 e. The van der Waals surface area contributed by atoms with E-state index in [1.165, 1.54) is 0 Å². The summed E-state index contributed by atoms with van der Waals surface area (Å²) in [7, 11) is 1.56. The van der Waals surface area contributed by atoms with E-state index in [0.717, 1.165) is 15.2 Å². The van der Waals surface area contributed by atoms with E-state index in [2.05, 4.69) is 31.9 Å². The minimum Gasteiger partial charge on any atom is -0.497 e. The quantitative estimate of drug-likeness (QED) is 0.784. The predicted octanol–water partition coefficient (Wildman–Crippen LogP) is 3.03. The van der Waals surface area contributed by atoms with Gasteiger partial charge in [-0.15, -0.1) is 0 Å². The van der Waals surface area contributed by atoms with Crippen LogP contribution in [-0.4, -0.2) is 13.4 Å². The summed E-state index contributed by atoms with van der Waals surface area (Å²) in [5.41, 5.74) is 0.571. The zero-order valence-electron chi connectivity index (χ0n) is 6.30. The van der Waals surface area contributed by atoms with Crippen molar-refractivity contribution < 1.29 is 9.53 Å². The van der Waals surface area contributed by atoms with Crippen LogP contribution < -0.4 is 4.74 Å². The topological polar surface area (TPSA) is 26.3 Å².